The van der Waals surface area contributed by atoms with Crippen molar-refractivity contribution in [2.45, 2.75) is 25.3 Å². The Hall–Kier alpha value is -0.160. The molecule has 90 valence electrons. The molecule has 0 aliphatic carbocycles. The van der Waals surface area contributed by atoms with Gasteiger partial charge in [-0.05, 0) is 39.4 Å². The zero-order valence-electron chi connectivity index (χ0n) is 9.74. The first-order valence-corrected chi connectivity index (χ1v) is 5.93. The molecule has 4 nitrogen and oxygen atoms in total. The Labute approximate surface area is 92.6 Å². The molecule has 15 heavy (non-hydrogen) atoms. The van der Waals surface area contributed by atoms with Gasteiger partial charge in [0.15, 0.2) is 0 Å². The first-order valence-electron chi connectivity index (χ1n) is 5.93. The van der Waals surface area contributed by atoms with Crippen molar-refractivity contribution in [3.05, 3.63) is 0 Å². The van der Waals surface area contributed by atoms with E-state index in [0.29, 0.717) is 12.6 Å². The normalized spacial score (nSPS) is 23.2. The summed E-state index contributed by atoms with van der Waals surface area (Å²) in [6.07, 6.45) is 3.62. The van der Waals surface area contributed by atoms with Crippen molar-refractivity contribution in [3.8, 4) is 0 Å². The summed E-state index contributed by atoms with van der Waals surface area (Å²) in [4.78, 5) is 2.38. The number of nitrogens with one attached hydrogen (secondary N) is 1. The van der Waals surface area contributed by atoms with Gasteiger partial charge < -0.3 is 20.1 Å². The van der Waals surface area contributed by atoms with Gasteiger partial charge in [0.2, 0.25) is 0 Å². The molecule has 0 saturated carbocycles. The summed E-state index contributed by atoms with van der Waals surface area (Å²) < 4.78 is 5.19. The molecule has 0 aromatic heterocycles. The summed E-state index contributed by atoms with van der Waals surface area (Å²) in [5, 5.41) is 12.1. The third kappa shape index (κ3) is 6.10. The van der Waals surface area contributed by atoms with E-state index in [1.54, 1.807) is 0 Å². The molecular formula is C11H24N2O2. The fraction of sp³-hybridized carbons (Fsp3) is 1.00. The minimum atomic E-state index is 0.126. The molecule has 1 saturated heterocycles. The monoisotopic (exact) mass is 216 g/mol. The van der Waals surface area contributed by atoms with Crippen LogP contribution in [0, 0.1) is 0 Å². The van der Waals surface area contributed by atoms with Crippen LogP contribution in [0.15, 0.2) is 0 Å². The summed E-state index contributed by atoms with van der Waals surface area (Å²) in [7, 11) is 2.18. The van der Waals surface area contributed by atoms with Gasteiger partial charge in [0.05, 0.1) is 13.2 Å². The average molecular weight is 216 g/mol. The van der Waals surface area contributed by atoms with Crippen LogP contribution in [0.3, 0.4) is 0 Å². The molecule has 4 heteroatoms. The highest BCUT2D eigenvalue weighted by molar-refractivity contribution is 4.75. The maximum absolute atomic E-state index is 8.51. The largest absolute Gasteiger partial charge is 0.394 e. The van der Waals surface area contributed by atoms with Crippen LogP contribution in [-0.2, 0) is 4.74 Å². The Morgan fingerprint density at radius 3 is 3.07 bits per heavy atom. The molecule has 1 rings (SSSR count). The van der Waals surface area contributed by atoms with Gasteiger partial charge in [0.1, 0.15) is 0 Å². The zero-order valence-corrected chi connectivity index (χ0v) is 9.74. The first kappa shape index (κ1) is 12.9. The summed E-state index contributed by atoms with van der Waals surface area (Å²) in [6.45, 7) is 4.75. The number of aliphatic hydroxyl groups excluding tert-OH is 1. The topological polar surface area (TPSA) is 44.7 Å². The summed E-state index contributed by atoms with van der Waals surface area (Å²) in [5.74, 6) is 0. The van der Waals surface area contributed by atoms with E-state index in [1.807, 2.05) is 0 Å². The molecule has 1 atom stereocenters. The SMILES string of the molecule is CN1CCCC(NCCCOCCO)C1. The van der Waals surface area contributed by atoms with Crippen LogP contribution < -0.4 is 5.32 Å². The van der Waals surface area contributed by atoms with E-state index in [1.165, 1.54) is 19.4 Å². The maximum atomic E-state index is 8.51. The Kier molecular flexibility index (Phi) is 6.92. The predicted octanol–water partition coefficient (Wildman–Crippen LogP) is 0.0692. The van der Waals surface area contributed by atoms with Gasteiger partial charge in [0.25, 0.3) is 0 Å². The lowest BCUT2D eigenvalue weighted by Crippen LogP contribution is -2.44. The maximum Gasteiger partial charge on any atom is 0.0697 e. The quantitative estimate of drug-likeness (QED) is 0.591. The molecule has 0 aromatic carbocycles. The average Bonchev–Trinajstić information content (AvgIpc) is 2.23. The predicted molar refractivity (Wildman–Crippen MR) is 61.0 cm³/mol. The van der Waals surface area contributed by atoms with Crippen LogP contribution >= 0.6 is 0 Å². The van der Waals surface area contributed by atoms with Crippen LogP contribution in [0.2, 0.25) is 0 Å². The molecule has 2 N–H and O–H groups in total. The molecule has 0 aromatic rings. The molecule has 1 aliphatic heterocycles. The van der Waals surface area contributed by atoms with Crippen LogP contribution in [-0.4, -0.2) is 62.6 Å². The smallest absolute Gasteiger partial charge is 0.0697 e. The molecule has 1 aliphatic rings. The van der Waals surface area contributed by atoms with Gasteiger partial charge in [-0.15, -0.1) is 0 Å². The van der Waals surface area contributed by atoms with E-state index in [-0.39, 0.29) is 6.61 Å². The van der Waals surface area contributed by atoms with E-state index in [9.17, 15) is 0 Å². The van der Waals surface area contributed by atoms with Gasteiger partial charge in [-0.3, -0.25) is 0 Å². The van der Waals surface area contributed by atoms with Gasteiger partial charge in [0, 0.05) is 19.2 Å². The second kappa shape index (κ2) is 8.05. The Balaban J connectivity index is 1.90. The van der Waals surface area contributed by atoms with Crippen molar-refractivity contribution in [1.29, 1.82) is 0 Å². The zero-order chi connectivity index (χ0) is 10.9. The van der Waals surface area contributed by atoms with Crippen molar-refractivity contribution in [2.75, 3.05) is 46.5 Å². The third-order valence-electron chi connectivity index (χ3n) is 2.76. The Bertz CT molecular complexity index is 156. The van der Waals surface area contributed by atoms with Crippen LogP contribution in [0.25, 0.3) is 0 Å². The lowest BCUT2D eigenvalue weighted by atomic mass is 10.1. The van der Waals surface area contributed by atoms with Crippen molar-refractivity contribution in [1.82, 2.24) is 10.2 Å². The second-order valence-corrected chi connectivity index (χ2v) is 4.25. The number of rotatable bonds is 7. The number of nitrogens with zero attached hydrogens (tertiary/aromatic N) is 1. The summed E-state index contributed by atoms with van der Waals surface area (Å²) >= 11 is 0. The van der Waals surface area contributed by atoms with Crippen molar-refractivity contribution in [3.63, 3.8) is 0 Å². The number of aliphatic hydroxyl groups is 1. The molecule has 0 radical (unpaired) electrons. The molecule has 1 unspecified atom stereocenters. The minimum Gasteiger partial charge on any atom is -0.394 e. The highest BCUT2D eigenvalue weighted by Crippen LogP contribution is 2.07. The molecule has 1 heterocycles. The molecular weight excluding hydrogens is 192 g/mol. The molecule has 0 spiro atoms. The highest BCUT2D eigenvalue weighted by Gasteiger charge is 2.15. The fourth-order valence-electron chi connectivity index (χ4n) is 1.98. The minimum absolute atomic E-state index is 0.126. The summed E-state index contributed by atoms with van der Waals surface area (Å²) in [5.41, 5.74) is 0. The van der Waals surface area contributed by atoms with Gasteiger partial charge in [-0.2, -0.15) is 0 Å². The lowest BCUT2D eigenvalue weighted by molar-refractivity contribution is 0.0898. The number of likely N-dealkylation sites (N-methyl/N-ethyl adjacent to an activating group) is 1. The van der Waals surface area contributed by atoms with Crippen molar-refractivity contribution in [2.24, 2.45) is 0 Å². The van der Waals surface area contributed by atoms with E-state index < -0.39 is 0 Å². The standard InChI is InChI=1S/C11H24N2O2/c1-13-6-2-4-11(10-13)12-5-3-8-15-9-7-14/h11-12,14H,2-10H2,1H3. The number of hydrogen-bond acceptors (Lipinski definition) is 4. The number of ether oxygens (including phenoxy) is 1. The van der Waals surface area contributed by atoms with Gasteiger partial charge in [-0.25, -0.2) is 0 Å². The molecule has 0 bridgehead atoms. The van der Waals surface area contributed by atoms with Crippen LogP contribution in [0.4, 0.5) is 0 Å². The number of hydrogen-bond donors (Lipinski definition) is 2. The molecule has 0 amide bonds. The number of likely N-dealkylation sites (tertiary alicyclic amines) is 1. The van der Waals surface area contributed by atoms with E-state index in [0.717, 1.165) is 26.1 Å². The van der Waals surface area contributed by atoms with E-state index in [4.69, 9.17) is 9.84 Å². The highest BCUT2D eigenvalue weighted by atomic mass is 16.5. The van der Waals surface area contributed by atoms with Gasteiger partial charge >= 0.3 is 0 Å². The third-order valence-corrected chi connectivity index (χ3v) is 2.76. The fourth-order valence-corrected chi connectivity index (χ4v) is 1.98. The van der Waals surface area contributed by atoms with E-state index >= 15 is 0 Å². The second-order valence-electron chi connectivity index (χ2n) is 4.25. The van der Waals surface area contributed by atoms with Gasteiger partial charge in [-0.1, -0.05) is 0 Å². The summed E-state index contributed by atoms with van der Waals surface area (Å²) in [6, 6.07) is 0.654. The lowest BCUT2D eigenvalue weighted by Gasteiger charge is -2.30. The Morgan fingerprint density at radius 1 is 1.47 bits per heavy atom. The van der Waals surface area contributed by atoms with Crippen molar-refractivity contribution >= 4 is 0 Å². The van der Waals surface area contributed by atoms with E-state index in [2.05, 4.69) is 17.3 Å². The van der Waals surface area contributed by atoms with Crippen LogP contribution in [0.1, 0.15) is 19.3 Å². The molecule has 1 fully saturated rings. The first-order chi connectivity index (χ1) is 7.33. The number of piperidine rings is 1. The van der Waals surface area contributed by atoms with Crippen LogP contribution in [0.5, 0.6) is 0 Å². The van der Waals surface area contributed by atoms with Crippen molar-refractivity contribution < 1.29 is 9.84 Å². The Morgan fingerprint density at radius 2 is 2.33 bits per heavy atom.